The van der Waals surface area contributed by atoms with E-state index in [0.717, 1.165) is 0 Å². The largest absolute Gasteiger partial charge is 0.573 e. The molecule has 104 valence electrons. The van der Waals surface area contributed by atoms with Crippen LogP contribution in [0.4, 0.5) is 18.9 Å². The number of halogens is 4. The lowest BCUT2D eigenvalue weighted by Gasteiger charge is -2.17. The minimum atomic E-state index is -4.71. The summed E-state index contributed by atoms with van der Waals surface area (Å²) in [5, 5.41) is 0. The van der Waals surface area contributed by atoms with Crippen LogP contribution in [-0.2, 0) is 4.79 Å². The van der Waals surface area contributed by atoms with Gasteiger partial charge in [-0.2, -0.15) is 0 Å². The van der Waals surface area contributed by atoms with E-state index in [0.29, 0.717) is 24.5 Å². The predicted octanol–water partition coefficient (Wildman–Crippen LogP) is 3.18. The van der Waals surface area contributed by atoms with Crippen molar-refractivity contribution in [3.05, 3.63) is 24.3 Å². The van der Waals surface area contributed by atoms with Gasteiger partial charge >= 0.3 is 6.36 Å². The van der Waals surface area contributed by atoms with E-state index in [4.69, 9.17) is 11.6 Å². The molecule has 2 rings (SSSR count). The number of anilines is 1. The number of nitrogens with zero attached hydrogens (tertiary/aromatic N) is 1. The average Bonchev–Trinajstić information content (AvgIpc) is 2.70. The molecule has 0 bridgehead atoms. The Balaban J connectivity index is 2.08. The molecule has 1 atom stereocenters. The summed E-state index contributed by atoms with van der Waals surface area (Å²) in [5.74, 6) is 0.0875. The Bertz CT molecular complexity index is 461. The van der Waals surface area contributed by atoms with Crippen molar-refractivity contribution in [3.8, 4) is 5.75 Å². The van der Waals surface area contributed by atoms with Gasteiger partial charge in [-0.25, -0.2) is 0 Å². The SMILES string of the molecule is O=C1CC(CCl)CN1c1ccc(OC(F)(F)F)cc1. The van der Waals surface area contributed by atoms with Gasteiger partial charge in [0.2, 0.25) is 5.91 Å². The molecule has 0 N–H and O–H groups in total. The first-order chi connectivity index (χ1) is 8.89. The summed E-state index contributed by atoms with van der Waals surface area (Å²) in [6.45, 7) is 0.488. The first kappa shape index (κ1) is 14.0. The molecule has 1 fully saturated rings. The van der Waals surface area contributed by atoms with Gasteiger partial charge in [0.25, 0.3) is 0 Å². The molecule has 1 aliphatic heterocycles. The topological polar surface area (TPSA) is 29.5 Å². The van der Waals surface area contributed by atoms with E-state index >= 15 is 0 Å². The van der Waals surface area contributed by atoms with Crippen molar-refractivity contribution in [3.63, 3.8) is 0 Å². The summed E-state index contributed by atoms with van der Waals surface area (Å²) in [5.41, 5.74) is 0.548. The van der Waals surface area contributed by atoms with Gasteiger partial charge in [-0.05, 0) is 30.2 Å². The van der Waals surface area contributed by atoms with Gasteiger partial charge in [-0.1, -0.05) is 0 Å². The van der Waals surface area contributed by atoms with Crippen molar-refractivity contribution in [2.45, 2.75) is 12.8 Å². The lowest BCUT2D eigenvalue weighted by molar-refractivity contribution is -0.274. The van der Waals surface area contributed by atoms with Crippen LogP contribution >= 0.6 is 11.6 Å². The number of rotatable bonds is 3. The lowest BCUT2D eigenvalue weighted by Crippen LogP contribution is -2.24. The van der Waals surface area contributed by atoms with Crippen LogP contribution in [0, 0.1) is 5.92 Å². The van der Waals surface area contributed by atoms with Gasteiger partial charge < -0.3 is 9.64 Å². The summed E-state index contributed by atoms with van der Waals surface area (Å²) >= 11 is 5.70. The molecule has 1 unspecified atom stereocenters. The van der Waals surface area contributed by atoms with Crippen molar-refractivity contribution < 1.29 is 22.7 Å². The maximum Gasteiger partial charge on any atom is 0.573 e. The molecule has 1 amide bonds. The molecule has 0 aromatic heterocycles. The third-order valence-electron chi connectivity index (χ3n) is 2.81. The molecule has 7 heteroatoms. The minimum Gasteiger partial charge on any atom is -0.406 e. The highest BCUT2D eigenvalue weighted by Crippen LogP contribution is 2.29. The smallest absolute Gasteiger partial charge is 0.406 e. The van der Waals surface area contributed by atoms with Crippen LogP contribution in [0.15, 0.2) is 24.3 Å². The fourth-order valence-electron chi connectivity index (χ4n) is 1.96. The number of hydrogen-bond donors (Lipinski definition) is 0. The Hall–Kier alpha value is -1.43. The first-order valence-corrected chi connectivity index (χ1v) is 6.14. The second-order valence-electron chi connectivity index (χ2n) is 4.27. The molecule has 3 nitrogen and oxygen atoms in total. The molecule has 1 aliphatic rings. The molecule has 19 heavy (non-hydrogen) atoms. The fourth-order valence-corrected chi connectivity index (χ4v) is 2.17. The minimum absolute atomic E-state index is 0.0739. The van der Waals surface area contributed by atoms with E-state index in [1.807, 2.05) is 0 Å². The zero-order valence-corrected chi connectivity index (χ0v) is 10.5. The number of hydrogen-bond acceptors (Lipinski definition) is 2. The van der Waals surface area contributed by atoms with Crippen LogP contribution in [0.5, 0.6) is 5.75 Å². The Morgan fingerprint density at radius 1 is 1.32 bits per heavy atom. The maximum atomic E-state index is 12.0. The molecule has 1 aromatic carbocycles. The number of carbonyl (C=O) groups is 1. The molecule has 0 saturated carbocycles. The Labute approximate surface area is 112 Å². The second-order valence-corrected chi connectivity index (χ2v) is 4.58. The monoisotopic (exact) mass is 293 g/mol. The molecule has 0 aliphatic carbocycles. The third kappa shape index (κ3) is 3.53. The van der Waals surface area contributed by atoms with E-state index in [1.54, 1.807) is 0 Å². The highest BCUT2D eigenvalue weighted by atomic mass is 35.5. The molecule has 0 spiro atoms. The van der Waals surface area contributed by atoms with Gasteiger partial charge in [0.05, 0.1) is 0 Å². The van der Waals surface area contributed by atoms with Gasteiger partial charge in [0.1, 0.15) is 5.75 Å². The summed E-state index contributed by atoms with van der Waals surface area (Å²) in [4.78, 5) is 13.2. The van der Waals surface area contributed by atoms with Crippen molar-refractivity contribution in [1.82, 2.24) is 0 Å². The van der Waals surface area contributed by atoms with Crippen LogP contribution in [0.25, 0.3) is 0 Å². The standard InChI is InChI=1S/C12H11ClF3NO2/c13-6-8-5-11(18)17(7-8)9-1-3-10(4-2-9)19-12(14,15)16/h1-4,8H,5-7H2. The van der Waals surface area contributed by atoms with E-state index in [2.05, 4.69) is 4.74 Å². The predicted molar refractivity (Wildman–Crippen MR) is 64.3 cm³/mol. The molecule has 0 radical (unpaired) electrons. The third-order valence-corrected chi connectivity index (χ3v) is 3.24. The maximum absolute atomic E-state index is 12.0. The highest BCUT2D eigenvalue weighted by Gasteiger charge is 2.32. The van der Waals surface area contributed by atoms with Crippen LogP contribution in [0.2, 0.25) is 0 Å². The van der Waals surface area contributed by atoms with Gasteiger partial charge in [0, 0.05) is 24.5 Å². The van der Waals surface area contributed by atoms with E-state index in [9.17, 15) is 18.0 Å². The zero-order valence-electron chi connectivity index (χ0n) is 9.78. The second kappa shape index (κ2) is 5.28. The van der Waals surface area contributed by atoms with Gasteiger partial charge in [-0.3, -0.25) is 4.79 Å². The summed E-state index contributed by atoms with van der Waals surface area (Å²) in [6.07, 6.45) is -4.35. The number of benzene rings is 1. The fraction of sp³-hybridized carbons (Fsp3) is 0.417. The molecule has 1 aromatic rings. The van der Waals surface area contributed by atoms with Crippen molar-refractivity contribution in [2.75, 3.05) is 17.3 Å². The van der Waals surface area contributed by atoms with Crippen LogP contribution < -0.4 is 9.64 Å². The van der Waals surface area contributed by atoms with Gasteiger partial charge in [-0.15, -0.1) is 24.8 Å². The van der Waals surface area contributed by atoms with Crippen LogP contribution in [-0.4, -0.2) is 24.7 Å². The van der Waals surface area contributed by atoms with Crippen molar-refractivity contribution >= 4 is 23.2 Å². The van der Waals surface area contributed by atoms with Crippen molar-refractivity contribution in [1.29, 1.82) is 0 Å². The Kier molecular flexibility index (Phi) is 3.89. The summed E-state index contributed by atoms with van der Waals surface area (Å²) in [6, 6.07) is 5.22. The van der Waals surface area contributed by atoms with Crippen LogP contribution in [0.1, 0.15) is 6.42 Å². The molecule has 1 saturated heterocycles. The lowest BCUT2D eigenvalue weighted by atomic mass is 10.1. The Morgan fingerprint density at radius 3 is 2.42 bits per heavy atom. The number of amides is 1. The number of alkyl halides is 4. The average molecular weight is 294 g/mol. The van der Waals surface area contributed by atoms with E-state index < -0.39 is 6.36 Å². The van der Waals surface area contributed by atoms with Gasteiger partial charge in [0.15, 0.2) is 0 Å². The number of ether oxygens (including phenoxy) is 1. The van der Waals surface area contributed by atoms with E-state index in [-0.39, 0.29) is 17.6 Å². The van der Waals surface area contributed by atoms with E-state index in [1.165, 1.54) is 29.2 Å². The quantitative estimate of drug-likeness (QED) is 0.801. The Morgan fingerprint density at radius 2 is 1.95 bits per heavy atom. The normalized spacial score (nSPS) is 19.9. The molecular formula is C12H11ClF3NO2. The number of carbonyl (C=O) groups excluding carboxylic acids is 1. The highest BCUT2D eigenvalue weighted by molar-refractivity contribution is 6.18. The van der Waals surface area contributed by atoms with Crippen LogP contribution in [0.3, 0.4) is 0 Å². The molecule has 1 heterocycles. The molecular weight excluding hydrogens is 283 g/mol. The summed E-state index contributed by atoms with van der Waals surface area (Å²) < 4.78 is 39.8. The first-order valence-electron chi connectivity index (χ1n) is 5.61. The zero-order chi connectivity index (χ0) is 14.0. The van der Waals surface area contributed by atoms with Crippen molar-refractivity contribution in [2.24, 2.45) is 5.92 Å². The summed E-state index contributed by atoms with van der Waals surface area (Å²) in [7, 11) is 0.